The van der Waals surface area contributed by atoms with Crippen LogP contribution in [0.2, 0.25) is 0 Å². The molecule has 0 spiro atoms. The number of benzene rings is 1. The van der Waals surface area contributed by atoms with E-state index in [1.165, 1.54) is 0 Å². The Morgan fingerprint density at radius 2 is 1.96 bits per heavy atom. The van der Waals surface area contributed by atoms with Crippen LogP contribution in [0.25, 0.3) is 0 Å². The van der Waals surface area contributed by atoms with Gasteiger partial charge >= 0.3 is 12.3 Å². The third kappa shape index (κ3) is 6.62. The first-order chi connectivity index (χ1) is 13.0. The van der Waals surface area contributed by atoms with Crippen molar-refractivity contribution in [3.63, 3.8) is 0 Å². The number of halogens is 3. The summed E-state index contributed by atoms with van der Waals surface area (Å²) in [5, 5.41) is 9.18. The van der Waals surface area contributed by atoms with E-state index in [0.717, 1.165) is 28.8 Å². The average Bonchev–Trinajstić information content (AvgIpc) is 2.59. The predicted molar refractivity (Wildman–Crippen MR) is 93.7 cm³/mol. The minimum atomic E-state index is -4.91. The van der Waals surface area contributed by atoms with Crippen molar-refractivity contribution in [1.82, 2.24) is 4.90 Å². The van der Waals surface area contributed by atoms with Gasteiger partial charge in [-0.1, -0.05) is 6.07 Å². The zero-order chi connectivity index (χ0) is 20.9. The standard InChI is InChI=1S/C16H21F3N2O6S/c1-28(24,25)21(5-4-20-6-8-26-9-7-20)14-10-12(15(22)23)2-3-13(14)11-27-16(17,18)19/h2-3,10H,4-9,11H2,1H3,(H,22,23). The topological polar surface area (TPSA) is 96.4 Å². The first-order valence-corrected chi connectivity index (χ1v) is 10.2. The molecule has 1 aliphatic rings. The van der Waals surface area contributed by atoms with Gasteiger partial charge in [0.2, 0.25) is 10.0 Å². The molecule has 28 heavy (non-hydrogen) atoms. The molecule has 8 nitrogen and oxygen atoms in total. The number of carboxylic acid groups (broad SMARTS) is 1. The molecule has 0 aromatic heterocycles. The van der Waals surface area contributed by atoms with Crippen molar-refractivity contribution in [3.8, 4) is 0 Å². The monoisotopic (exact) mass is 426 g/mol. The SMILES string of the molecule is CS(=O)(=O)N(CCN1CCOCC1)c1cc(C(=O)O)ccc1COC(F)(F)F. The van der Waals surface area contributed by atoms with Gasteiger partial charge < -0.3 is 9.84 Å². The lowest BCUT2D eigenvalue weighted by Gasteiger charge is -2.31. The third-order valence-electron chi connectivity index (χ3n) is 4.12. The van der Waals surface area contributed by atoms with Crippen molar-refractivity contribution < 1.29 is 41.0 Å². The van der Waals surface area contributed by atoms with Gasteiger partial charge in [0, 0.05) is 31.7 Å². The number of rotatable bonds is 8. The number of sulfonamides is 1. The van der Waals surface area contributed by atoms with E-state index in [4.69, 9.17) is 4.74 Å². The molecule has 2 rings (SSSR count). The van der Waals surface area contributed by atoms with E-state index in [1.54, 1.807) is 0 Å². The smallest absolute Gasteiger partial charge is 0.478 e. The maximum absolute atomic E-state index is 12.4. The Balaban J connectivity index is 2.34. The second-order valence-corrected chi connectivity index (χ2v) is 8.08. The molecule has 0 unspecified atom stereocenters. The summed E-state index contributed by atoms with van der Waals surface area (Å²) in [7, 11) is -3.89. The molecule has 0 saturated carbocycles. The van der Waals surface area contributed by atoms with Crippen LogP contribution in [0.1, 0.15) is 15.9 Å². The quantitative estimate of drug-likeness (QED) is 0.673. The van der Waals surface area contributed by atoms with Crippen molar-refractivity contribution in [2.45, 2.75) is 13.0 Å². The third-order valence-corrected chi connectivity index (χ3v) is 5.30. The fourth-order valence-corrected chi connectivity index (χ4v) is 3.67. The van der Waals surface area contributed by atoms with Gasteiger partial charge in [-0.3, -0.25) is 13.9 Å². The largest absolute Gasteiger partial charge is 0.522 e. The van der Waals surface area contributed by atoms with E-state index in [1.807, 2.05) is 4.90 Å². The number of hydrogen-bond donors (Lipinski definition) is 1. The van der Waals surface area contributed by atoms with E-state index in [0.29, 0.717) is 32.8 Å². The van der Waals surface area contributed by atoms with Crippen LogP contribution in [0, 0.1) is 0 Å². The zero-order valence-corrected chi connectivity index (χ0v) is 15.9. The van der Waals surface area contributed by atoms with Gasteiger partial charge in [-0.15, -0.1) is 13.2 Å². The number of carboxylic acids is 1. The number of alkyl halides is 3. The van der Waals surface area contributed by atoms with Gasteiger partial charge in [0.15, 0.2) is 0 Å². The minimum Gasteiger partial charge on any atom is -0.478 e. The highest BCUT2D eigenvalue weighted by Crippen LogP contribution is 2.28. The van der Waals surface area contributed by atoms with Crippen LogP contribution in [-0.4, -0.2) is 76.4 Å². The van der Waals surface area contributed by atoms with Crippen LogP contribution < -0.4 is 4.31 Å². The molecule has 1 fully saturated rings. The summed E-state index contributed by atoms with van der Waals surface area (Å²) in [6.07, 6.45) is -4.00. The van der Waals surface area contributed by atoms with Crippen molar-refractivity contribution in [2.24, 2.45) is 0 Å². The molecule has 12 heteroatoms. The van der Waals surface area contributed by atoms with Gasteiger partial charge in [0.05, 0.1) is 37.3 Å². The fraction of sp³-hybridized carbons (Fsp3) is 0.562. The summed E-state index contributed by atoms with van der Waals surface area (Å²) < 4.78 is 71.9. The Bertz CT molecular complexity index is 794. The van der Waals surface area contributed by atoms with Crippen molar-refractivity contribution >= 4 is 21.7 Å². The zero-order valence-electron chi connectivity index (χ0n) is 15.1. The van der Waals surface area contributed by atoms with Crippen molar-refractivity contribution in [3.05, 3.63) is 29.3 Å². The van der Waals surface area contributed by atoms with E-state index in [-0.39, 0.29) is 23.4 Å². The number of anilines is 1. The summed E-state index contributed by atoms with van der Waals surface area (Å²) >= 11 is 0. The van der Waals surface area contributed by atoms with Gasteiger partial charge in [-0.05, 0) is 12.1 Å². The van der Waals surface area contributed by atoms with Crippen LogP contribution in [0.5, 0.6) is 0 Å². The summed E-state index contributed by atoms with van der Waals surface area (Å²) in [6.45, 7) is 1.50. The molecule has 0 aliphatic carbocycles. The van der Waals surface area contributed by atoms with Crippen LogP contribution in [0.4, 0.5) is 18.9 Å². The summed E-state index contributed by atoms with van der Waals surface area (Å²) in [4.78, 5) is 13.2. The normalized spacial score (nSPS) is 16.1. The van der Waals surface area contributed by atoms with Crippen LogP contribution >= 0.6 is 0 Å². The number of hydrogen-bond acceptors (Lipinski definition) is 6. The van der Waals surface area contributed by atoms with Crippen LogP contribution in [-0.2, 0) is 26.1 Å². The predicted octanol–water partition coefficient (Wildman–Crippen LogP) is 1.52. The lowest BCUT2D eigenvalue weighted by Crippen LogP contribution is -2.43. The number of carbonyl (C=O) groups is 1. The molecular weight excluding hydrogens is 405 g/mol. The lowest BCUT2D eigenvalue weighted by atomic mass is 10.1. The number of ether oxygens (including phenoxy) is 2. The summed E-state index contributed by atoms with van der Waals surface area (Å²) in [5.41, 5.74) is -0.486. The Hall–Kier alpha value is -1.89. The molecule has 0 radical (unpaired) electrons. The fourth-order valence-electron chi connectivity index (χ4n) is 2.73. The second-order valence-electron chi connectivity index (χ2n) is 6.17. The van der Waals surface area contributed by atoms with E-state index >= 15 is 0 Å². The van der Waals surface area contributed by atoms with Gasteiger partial charge in [0.25, 0.3) is 0 Å². The molecule has 1 saturated heterocycles. The molecule has 1 aromatic carbocycles. The summed E-state index contributed by atoms with van der Waals surface area (Å²) in [6, 6.07) is 3.26. The molecule has 0 atom stereocenters. The first-order valence-electron chi connectivity index (χ1n) is 8.32. The van der Waals surface area contributed by atoms with Gasteiger partial charge in [0.1, 0.15) is 0 Å². The van der Waals surface area contributed by atoms with Crippen molar-refractivity contribution in [1.29, 1.82) is 0 Å². The molecule has 1 aliphatic heterocycles. The Morgan fingerprint density at radius 3 is 2.50 bits per heavy atom. The number of morpholine rings is 1. The summed E-state index contributed by atoms with van der Waals surface area (Å²) in [5.74, 6) is -1.33. The van der Waals surface area contributed by atoms with Crippen molar-refractivity contribution in [2.75, 3.05) is 50.0 Å². The maximum atomic E-state index is 12.4. The highest BCUT2D eigenvalue weighted by atomic mass is 32.2. The Kier molecular flexibility index (Phi) is 7.26. The van der Waals surface area contributed by atoms with E-state index < -0.39 is 29.0 Å². The Labute approximate surface area is 160 Å². The first kappa shape index (κ1) is 22.4. The number of nitrogens with zero attached hydrogens (tertiary/aromatic N) is 2. The average molecular weight is 426 g/mol. The van der Waals surface area contributed by atoms with E-state index in [2.05, 4.69) is 4.74 Å². The Morgan fingerprint density at radius 1 is 1.32 bits per heavy atom. The molecular formula is C16H21F3N2O6S. The highest BCUT2D eigenvalue weighted by Gasteiger charge is 2.30. The second kappa shape index (κ2) is 9.07. The molecule has 0 amide bonds. The highest BCUT2D eigenvalue weighted by molar-refractivity contribution is 7.92. The molecule has 1 heterocycles. The lowest BCUT2D eigenvalue weighted by molar-refractivity contribution is -0.330. The van der Waals surface area contributed by atoms with E-state index in [9.17, 15) is 31.5 Å². The van der Waals surface area contributed by atoms with Crippen LogP contribution in [0.15, 0.2) is 18.2 Å². The maximum Gasteiger partial charge on any atom is 0.522 e. The number of aromatic carboxylic acids is 1. The molecule has 1 aromatic rings. The van der Waals surface area contributed by atoms with Crippen LogP contribution in [0.3, 0.4) is 0 Å². The van der Waals surface area contributed by atoms with Gasteiger partial charge in [-0.25, -0.2) is 13.2 Å². The van der Waals surface area contributed by atoms with Gasteiger partial charge in [-0.2, -0.15) is 0 Å². The molecule has 158 valence electrons. The minimum absolute atomic E-state index is 0.0546. The molecule has 0 bridgehead atoms. The molecule has 1 N–H and O–H groups in total.